The maximum atomic E-state index is 8.93. The van der Waals surface area contributed by atoms with Gasteiger partial charge in [-0.2, -0.15) is 5.10 Å². The van der Waals surface area contributed by atoms with E-state index in [2.05, 4.69) is 5.10 Å². The monoisotopic (exact) mass is 237 g/mol. The highest BCUT2D eigenvalue weighted by molar-refractivity contribution is 6.33. The van der Waals surface area contributed by atoms with Crippen molar-refractivity contribution in [2.75, 3.05) is 12.3 Å². The van der Waals surface area contributed by atoms with Crippen molar-refractivity contribution in [3.63, 3.8) is 0 Å². The summed E-state index contributed by atoms with van der Waals surface area (Å²) in [6, 6.07) is 7.42. The van der Waals surface area contributed by atoms with Crippen molar-refractivity contribution >= 4 is 17.3 Å². The van der Waals surface area contributed by atoms with E-state index in [1.54, 1.807) is 16.9 Å². The minimum Gasteiger partial charge on any atom is -0.396 e. The fourth-order valence-corrected chi connectivity index (χ4v) is 1.84. The molecule has 1 heterocycles. The Balaban J connectivity index is 2.54. The fraction of sp³-hybridized carbons (Fsp3) is 0.182. The van der Waals surface area contributed by atoms with Crippen LogP contribution in [0.2, 0.25) is 5.02 Å². The van der Waals surface area contributed by atoms with Crippen molar-refractivity contribution < 1.29 is 5.11 Å². The summed E-state index contributed by atoms with van der Waals surface area (Å²) in [5.41, 5.74) is 7.98. The van der Waals surface area contributed by atoms with E-state index in [4.69, 9.17) is 22.4 Å². The number of aromatic nitrogens is 2. The molecule has 0 atom stereocenters. The van der Waals surface area contributed by atoms with Crippen molar-refractivity contribution in [1.82, 2.24) is 9.78 Å². The first-order valence-corrected chi connectivity index (χ1v) is 5.29. The third-order valence-corrected chi connectivity index (χ3v) is 2.64. The molecule has 0 saturated heterocycles. The van der Waals surface area contributed by atoms with E-state index in [1.165, 1.54) is 0 Å². The van der Waals surface area contributed by atoms with Crippen molar-refractivity contribution in [3.8, 4) is 11.3 Å². The highest BCUT2D eigenvalue weighted by Gasteiger charge is 2.12. The lowest BCUT2D eigenvalue weighted by Gasteiger charge is -2.08. The first-order chi connectivity index (χ1) is 7.74. The smallest absolute Gasteiger partial charge is 0.0928 e. The number of rotatable bonds is 3. The van der Waals surface area contributed by atoms with E-state index in [9.17, 15) is 0 Å². The number of hydrogen-bond acceptors (Lipinski definition) is 3. The molecule has 0 aliphatic heterocycles. The molecule has 2 aromatic rings. The van der Waals surface area contributed by atoms with Crippen LogP contribution in [-0.4, -0.2) is 21.5 Å². The largest absolute Gasteiger partial charge is 0.396 e. The summed E-state index contributed by atoms with van der Waals surface area (Å²) in [6.45, 7) is 0.413. The maximum absolute atomic E-state index is 8.93. The topological polar surface area (TPSA) is 64.1 Å². The van der Waals surface area contributed by atoms with Crippen LogP contribution < -0.4 is 5.73 Å². The van der Waals surface area contributed by atoms with E-state index in [1.807, 2.05) is 18.2 Å². The van der Waals surface area contributed by atoms with Crippen molar-refractivity contribution in [2.45, 2.75) is 6.54 Å². The molecule has 4 nitrogen and oxygen atoms in total. The van der Waals surface area contributed by atoms with Gasteiger partial charge in [0.25, 0.3) is 0 Å². The minimum atomic E-state index is 0.0125. The van der Waals surface area contributed by atoms with Crippen molar-refractivity contribution in [2.24, 2.45) is 0 Å². The Hall–Kier alpha value is -1.52. The van der Waals surface area contributed by atoms with Gasteiger partial charge in [-0.1, -0.05) is 29.8 Å². The standard InChI is InChI=1S/C11H12ClN3O/c12-9-4-2-1-3-8(9)11-10(13)7-14-15(11)5-6-16/h1-4,7,16H,5-6,13H2. The Morgan fingerprint density at radius 1 is 1.38 bits per heavy atom. The average Bonchev–Trinajstić information content (AvgIpc) is 2.62. The van der Waals surface area contributed by atoms with Gasteiger partial charge >= 0.3 is 0 Å². The summed E-state index contributed by atoms with van der Waals surface area (Å²) in [5.74, 6) is 0. The zero-order valence-corrected chi connectivity index (χ0v) is 9.35. The van der Waals surface area contributed by atoms with Crippen LogP contribution in [0.3, 0.4) is 0 Å². The van der Waals surface area contributed by atoms with Gasteiger partial charge in [0, 0.05) is 5.56 Å². The molecule has 2 rings (SSSR count). The van der Waals surface area contributed by atoms with Crippen LogP contribution in [0.15, 0.2) is 30.5 Å². The number of aliphatic hydroxyl groups is 1. The molecular weight excluding hydrogens is 226 g/mol. The second kappa shape index (κ2) is 4.55. The van der Waals surface area contributed by atoms with Crippen molar-refractivity contribution in [1.29, 1.82) is 0 Å². The number of nitrogens with zero attached hydrogens (tertiary/aromatic N) is 2. The zero-order chi connectivity index (χ0) is 11.5. The summed E-state index contributed by atoms with van der Waals surface area (Å²) >= 11 is 6.10. The number of nitrogen functional groups attached to an aromatic ring is 1. The molecule has 84 valence electrons. The van der Waals surface area contributed by atoms with Gasteiger partial charge < -0.3 is 10.8 Å². The SMILES string of the molecule is Nc1cnn(CCO)c1-c1ccccc1Cl. The lowest BCUT2D eigenvalue weighted by atomic mass is 10.1. The Labute approximate surface area is 98.3 Å². The second-order valence-corrected chi connectivity index (χ2v) is 3.78. The average molecular weight is 238 g/mol. The summed E-state index contributed by atoms with van der Waals surface area (Å²) in [5, 5.41) is 13.7. The molecule has 0 spiro atoms. The Kier molecular flexibility index (Phi) is 3.12. The highest BCUT2D eigenvalue weighted by atomic mass is 35.5. The number of anilines is 1. The number of halogens is 1. The van der Waals surface area contributed by atoms with E-state index < -0.39 is 0 Å². The number of benzene rings is 1. The molecule has 3 N–H and O–H groups in total. The summed E-state index contributed by atoms with van der Waals surface area (Å²) in [6.07, 6.45) is 1.56. The predicted octanol–water partition coefficient (Wildman–Crippen LogP) is 1.78. The van der Waals surface area contributed by atoms with Crippen molar-refractivity contribution in [3.05, 3.63) is 35.5 Å². The minimum absolute atomic E-state index is 0.0125. The molecule has 1 aromatic carbocycles. The van der Waals surface area contributed by atoms with Gasteiger partial charge in [-0.25, -0.2) is 0 Å². The molecule has 0 aliphatic carbocycles. The molecule has 0 bridgehead atoms. The van der Waals surface area contributed by atoms with Crippen LogP contribution in [0.5, 0.6) is 0 Å². The molecule has 1 aromatic heterocycles. The van der Waals surface area contributed by atoms with Crippen LogP contribution in [0.25, 0.3) is 11.3 Å². The molecule has 0 saturated carbocycles. The Bertz CT molecular complexity index is 496. The Morgan fingerprint density at radius 3 is 2.81 bits per heavy atom. The number of nitrogens with two attached hydrogens (primary N) is 1. The molecule has 0 amide bonds. The van der Waals surface area contributed by atoms with E-state index >= 15 is 0 Å². The normalized spacial score (nSPS) is 10.6. The molecule has 0 unspecified atom stereocenters. The molecule has 0 aliphatic rings. The van der Waals surface area contributed by atoms with Crippen LogP contribution >= 0.6 is 11.6 Å². The molecule has 5 heteroatoms. The first-order valence-electron chi connectivity index (χ1n) is 4.91. The second-order valence-electron chi connectivity index (χ2n) is 3.38. The highest BCUT2D eigenvalue weighted by Crippen LogP contribution is 2.31. The van der Waals surface area contributed by atoms with Gasteiger partial charge in [-0.15, -0.1) is 0 Å². The van der Waals surface area contributed by atoms with Gasteiger partial charge in [0.05, 0.1) is 35.8 Å². The lowest BCUT2D eigenvalue weighted by molar-refractivity contribution is 0.270. The van der Waals surface area contributed by atoms with E-state index in [0.29, 0.717) is 17.3 Å². The van der Waals surface area contributed by atoms with Crippen LogP contribution in [-0.2, 0) is 6.54 Å². The van der Waals surface area contributed by atoms with Crippen LogP contribution in [0.1, 0.15) is 0 Å². The zero-order valence-electron chi connectivity index (χ0n) is 8.60. The van der Waals surface area contributed by atoms with Crippen LogP contribution in [0, 0.1) is 0 Å². The van der Waals surface area contributed by atoms with Gasteiger partial charge in [0.1, 0.15) is 0 Å². The number of hydrogen-bond donors (Lipinski definition) is 2. The van der Waals surface area contributed by atoms with Gasteiger partial charge in [-0.3, -0.25) is 4.68 Å². The number of aliphatic hydroxyl groups excluding tert-OH is 1. The lowest BCUT2D eigenvalue weighted by Crippen LogP contribution is -2.06. The quantitative estimate of drug-likeness (QED) is 0.855. The summed E-state index contributed by atoms with van der Waals surface area (Å²) in [7, 11) is 0. The Morgan fingerprint density at radius 2 is 2.12 bits per heavy atom. The molecular formula is C11H12ClN3O. The summed E-state index contributed by atoms with van der Waals surface area (Å²) in [4.78, 5) is 0. The first kappa shape index (κ1) is 11.0. The third-order valence-electron chi connectivity index (χ3n) is 2.31. The van der Waals surface area contributed by atoms with Gasteiger partial charge in [0.2, 0.25) is 0 Å². The van der Waals surface area contributed by atoms with Gasteiger partial charge in [-0.05, 0) is 6.07 Å². The van der Waals surface area contributed by atoms with Gasteiger partial charge in [0.15, 0.2) is 0 Å². The molecule has 16 heavy (non-hydrogen) atoms. The predicted molar refractivity (Wildman–Crippen MR) is 64.2 cm³/mol. The fourth-order valence-electron chi connectivity index (χ4n) is 1.61. The maximum Gasteiger partial charge on any atom is 0.0928 e. The van der Waals surface area contributed by atoms with E-state index in [-0.39, 0.29) is 6.61 Å². The summed E-state index contributed by atoms with van der Waals surface area (Å²) < 4.78 is 1.65. The van der Waals surface area contributed by atoms with E-state index in [0.717, 1.165) is 11.3 Å². The van der Waals surface area contributed by atoms with Crippen LogP contribution in [0.4, 0.5) is 5.69 Å². The third kappa shape index (κ3) is 1.89. The molecule has 0 fully saturated rings. The molecule has 0 radical (unpaired) electrons.